The number of rotatable bonds is 8. The molecule has 0 radical (unpaired) electrons. The molecule has 1 heterocycles. The quantitative estimate of drug-likeness (QED) is 0.294. The van der Waals surface area contributed by atoms with Crippen molar-refractivity contribution in [1.82, 2.24) is 0 Å². The minimum absolute atomic E-state index is 0.460. The highest BCUT2D eigenvalue weighted by atomic mass is 16.7. The lowest BCUT2D eigenvalue weighted by Gasteiger charge is -2.32. The van der Waals surface area contributed by atoms with Crippen molar-refractivity contribution < 1.29 is 19.1 Å². The Labute approximate surface area is 121 Å². The van der Waals surface area contributed by atoms with Crippen molar-refractivity contribution in [2.75, 3.05) is 0 Å². The molecule has 1 aliphatic rings. The van der Waals surface area contributed by atoms with Gasteiger partial charge in [0.2, 0.25) is 0 Å². The maximum atomic E-state index is 11.7. The number of hydrogen-bond acceptors (Lipinski definition) is 4. The predicted molar refractivity (Wildman–Crippen MR) is 76.9 cm³/mol. The number of cyclic esters (lactones) is 2. The van der Waals surface area contributed by atoms with Gasteiger partial charge in [0.1, 0.15) is 0 Å². The fourth-order valence-corrected chi connectivity index (χ4v) is 2.17. The number of allylic oxidation sites excluding steroid dienone is 2. The number of unbranched alkanes of at least 4 members (excludes halogenated alkanes) is 4. The smallest absolute Gasteiger partial charge is 0.323 e. The molecule has 1 fully saturated rings. The van der Waals surface area contributed by atoms with E-state index in [4.69, 9.17) is 9.47 Å². The first kappa shape index (κ1) is 16.7. The molecule has 0 amide bonds. The summed E-state index contributed by atoms with van der Waals surface area (Å²) in [4.78, 5) is 23.4. The average Bonchev–Trinajstić information content (AvgIpc) is 2.34. The van der Waals surface area contributed by atoms with E-state index >= 15 is 0 Å². The van der Waals surface area contributed by atoms with Gasteiger partial charge in [0.05, 0.1) is 0 Å². The van der Waals surface area contributed by atoms with E-state index in [9.17, 15) is 9.59 Å². The molecule has 0 saturated carbocycles. The average molecular weight is 282 g/mol. The molecular formula is C16H26O4. The molecule has 1 rings (SSSR count). The summed E-state index contributed by atoms with van der Waals surface area (Å²) in [7, 11) is 0. The Morgan fingerprint density at radius 2 is 1.55 bits per heavy atom. The molecule has 0 N–H and O–H groups in total. The van der Waals surface area contributed by atoms with Crippen LogP contribution in [0.3, 0.4) is 0 Å². The largest absolute Gasteiger partial charge is 0.422 e. The second-order valence-corrected chi connectivity index (χ2v) is 5.69. The van der Waals surface area contributed by atoms with Crippen LogP contribution < -0.4 is 0 Å². The van der Waals surface area contributed by atoms with Crippen LogP contribution in [0.1, 0.15) is 65.7 Å². The third-order valence-electron chi connectivity index (χ3n) is 3.27. The van der Waals surface area contributed by atoms with E-state index in [1.807, 2.05) is 0 Å². The van der Waals surface area contributed by atoms with E-state index in [1.54, 1.807) is 13.8 Å². The molecule has 0 aromatic carbocycles. The van der Waals surface area contributed by atoms with E-state index in [0.717, 1.165) is 19.3 Å². The topological polar surface area (TPSA) is 52.6 Å². The first-order chi connectivity index (χ1) is 9.46. The lowest BCUT2D eigenvalue weighted by molar-refractivity contribution is -0.240. The van der Waals surface area contributed by atoms with E-state index in [2.05, 4.69) is 19.1 Å². The van der Waals surface area contributed by atoms with Crippen molar-refractivity contribution in [3.05, 3.63) is 12.2 Å². The lowest BCUT2D eigenvalue weighted by atomic mass is 10.0. The number of hydrogen-bond donors (Lipinski definition) is 0. The van der Waals surface area contributed by atoms with Gasteiger partial charge in [-0.3, -0.25) is 9.59 Å². The van der Waals surface area contributed by atoms with Crippen molar-refractivity contribution in [2.45, 2.75) is 71.5 Å². The van der Waals surface area contributed by atoms with Crippen LogP contribution in [0.5, 0.6) is 0 Å². The third kappa shape index (κ3) is 5.76. The Kier molecular flexibility index (Phi) is 6.76. The zero-order valence-electron chi connectivity index (χ0n) is 12.8. The number of esters is 2. The molecular weight excluding hydrogens is 256 g/mol. The fourth-order valence-electron chi connectivity index (χ4n) is 2.17. The molecule has 0 aromatic heterocycles. The SMILES string of the molecule is CCCCC/C=C/CCCC1C(=O)OC(C)(C)OC1=O. The molecule has 0 atom stereocenters. The highest BCUT2D eigenvalue weighted by Gasteiger charge is 2.42. The minimum Gasteiger partial charge on any atom is -0.422 e. The fraction of sp³-hybridized carbons (Fsp3) is 0.750. The summed E-state index contributed by atoms with van der Waals surface area (Å²) >= 11 is 0. The van der Waals surface area contributed by atoms with E-state index in [1.165, 1.54) is 19.3 Å². The Hall–Kier alpha value is -1.32. The predicted octanol–water partition coefficient (Wildman–Crippen LogP) is 3.75. The van der Waals surface area contributed by atoms with Gasteiger partial charge in [0, 0.05) is 13.8 Å². The van der Waals surface area contributed by atoms with Gasteiger partial charge in [-0.15, -0.1) is 0 Å². The maximum absolute atomic E-state index is 11.7. The first-order valence-electron chi connectivity index (χ1n) is 7.57. The molecule has 114 valence electrons. The third-order valence-corrected chi connectivity index (χ3v) is 3.27. The monoisotopic (exact) mass is 282 g/mol. The van der Waals surface area contributed by atoms with Gasteiger partial charge in [-0.2, -0.15) is 0 Å². The summed E-state index contributed by atoms with van der Waals surface area (Å²) in [5.74, 6) is -2.79. The standard InChI is InChI=1S/C16H26O4/c1-4-5-6-7-8-9-10-11-12-13-14(17)19-16(2,3)20-15(13)18/h8-9,13H,4-7,10-12H2,1-3H3/b9-8+. The zero-order valence-corrected chi connectivity index (χ0v) is 12.8. The maximum Gasteiger partial charge on any atom is 0.323 e. The Bertz CT molecular complexity index is 337. The molecule has 0 aromatic rings. The highest BCUT2D eigenvalue weighted by molar-refractivity contribution is 5.96. The van der Waals surface area contributed by atoms with Crippen molar-refractivity contribution >= 4 is 11.9 Å². The van der Waals surface area contributed by atoms with Crippen molar-refractivity contribution in [1.29, 1.82) is 0 Å². The van der Waals surface area contributed by atoms with Gasteiger partial charge in [0.25, 0.3) is 5.79 Å². The Morgan fingerprint density at radius 3 is 2.10 bits per heavy atom. The Morgan fingerprint density at radius 1 is 1.00 bits per heavy atom. The summed E-state index contributed by atoms with van der Waals surface area (Å²) in [5.41, 5.74) is 0. The van der Waals surface area contributed by atoms with Crippen LogP contribution >= 0.6 is 0 Å². The van der Waals surface area contributed by atoms with Crippen LogP contribution in [0.15, 0.2) is 12.2 Å². The van der Waals surface area contributed by atoms with E-state index in [-0.39, 0.29) is 0 Å². The molecule has 4 heteroatoms. The molecule has 0 spiro atoms. The molecule has 0 bridgehead atoms. The van der Waals surface area contributed by atoms with Gasteiger partial charge in [-0.25, -0.2) is 0 Å². The van der Waals surface area contributed by atoms with Crippen LogP contribution in [0.25, 0.3) is 0 Å². The van der Waals surface area contributed by atoms with Gasteiger partial charge in [-0.1, -0.05) is 31.9 Å². The first-order valence-corrected chi connectivity index (χ1v) is 7.57. The Balaban J connectivity index is 2.22. The molecule has 4 nitrogen and oxygen atoms in total. The summed E-state index contributed by atoms with van der Waals surface area (Å²) in [6.45, 7) is 5.32. The second kappa shape index (κ2) is 8.08. The highest BCUT2D eigenvalue weighted by Crippen LogP contribution is 2.26. The summed E-state index contributed by atoms with van der Waals surface area (Å²) < 4.78 is 10.2. The summed E-state index contributed by atoms with van der Waals surface area (Å²) in [5, 5.41) is 0. The summed E-state index contributed by atoms with van der Waals surface area (Å²) in [6, 6.07) is 0. The molecule has 1 aliphatic heterocycles. The van der Waals surface area contributed by atoms with Crippen LogP contribution in [0.2, 0.25) is 0 Å². The van der Waals surface area contributed by atoms with Gasteiger partial charge in [-0.05, 0) is 32.1 Å². The number of carbonyl (C=O) groups excluding carboxylic acids is 2. The molecule has 1 saturated heterocycles. The van der Waals surface area contributed by atoms with Crippen molar-refractivity contribution in [2.24, 2.45) is 5.92 Å². The number of ether oxygens (including phenoxy) is 2. The van der Waals surface area contributed by atoms with Crippen molar-refractivity contribution in [3.63, 3.8) is 0 Å². The van der Waals surface area contributed by atoms with Gasteiger partial charge >= 0.3 is 11.9 Å². The van der Waals surface area contributed by atoms with Gasteiger partial charge < -0.3 is 9.47 Å². The lowest BCUT2D eigenvalue weighted by Crippen LogP contribution is -2.46. The van der Waals surface area contributed by atoms with Gasteiger partial charge in [0.15, 0.2) is 5.92 Å². The van der Waals surface area contributed by atoms with Crippen LogP contribution in [0, 0.1) is 5.92 Å². The number of carbonyl (C=O) groups is 2. The van der Waals surface area contributed by atoms with Crippen molar-refractivity contribution in [3.8, 4) is 0 Å². The second-order valence-electron chi connectivity index (χ2n) is 5.69. The van der Waals surface area contributed by atoms with Crippen LogP contribution in [-0.2, 0) is 19.1 Å². The summed E-state index contributed by atoms with van der Waals surface area (Å²) in [6.07, 6.45) is 11.3. The minimum atomic E-state index is -1.12. The van der Waals surface area contributed by atoms with E-state index < -0.39 is 23.6 Å². The molecule has 20 heavy (non-hydrogen) atoms. The normalized spacial score (nSPS) is 19.1. The zero-order chi connectivity index (χ0) is 15.0. The van der Waals surface area contributed by atoms with Crippen LogP contribution in [-0.4, -0.2) is 17.7 Å². The van der Waals surface area contributed by atoms with E-state index in [0.29, 0.717) is 6.42 Å². The molecule has 0 unspecified atom stereocenters. The van der Waals surface area contributed by atoms with Crippen LogP contribution in [0.4, 0.5) is 0 Å². The molecule has 0 aliphatic carbocycles.